The van der Waals surface area contributed by atoms with E-state index < -0.39 is 87.7 Å². The number of nitrogens with zero attached hydrogens (tertiary/aromatic N) is 2. The van der Waals surface area contributed by atoms with Crippen LogP contribution in [0.3, 0.4) is 0 Å². The van der Waals surface area contributed by atoms with Gasteiger partial charge in [-0.2, -0.15) is 16.2 Å². The molecule has 0 spiro atoms. The van der Waals surface area contributed by atoms with Crippen LogP contribution in [-0.2, 0) is 38.0 Å². The van der Waals surface area contributed by atoms with Gasteiger partial charge in [-0.3, -0.25) is 0 Å². The van der Waals surface area contributed by atoms with E-state index in [2.05, 4.69) is 20.1 Å². The molecule has 62 heavy (non-hydrogen) atoms. The predicted octanol–water partition coefficient (Wildman–Crippen LogP) is 5.08. The van der Waals surface area contributed by atoms with Crippen LogP contribution in [0.4, 0.5) is 19.2 Å². The van der Waals surface area contributed by atoms with Gasteiger partial charge in [0.1, 0.15) is 22.4 Å². The minimum Gasteiger partial charge on any atom is -1.00 e. The molecule has 2 fully saturated rings. The average Bonchev–Trinajstić information content (AvgIpc) is 3.97. The van der Waals surface area contributed by atoms with Crippen LogP contribution in [0.15, 0.2) is 25.3 Å². The number of imide groups is 2. The molecule has 0 aliphatic heterocycles. The van der Waals surface area contributed by atoms with E-state index in [9.17, 15) is 39.0 Å². The van der Waals surface area contributed by atoms with Crippen molar-refractivity contribution in [3.8, 4) is 0 Å². The maximum atomic E-state index is 13.0. The molecule has 0 aromatic carbocycles. The molecule has 0 saturated heterocycles. The molecular formula is C44H75BrMgN2O14. The molecule has 0 bridgehead atoms. The van der Waals surface area contributed by atoms with Crippen molar-refractivity contribution in [1.82, 2.24) is 9.80 Å². The Bertz CT molecular complexity index is 1430. The van der Waals surface area contributed by atoms with Crippen molar-refractivity contribution in [2.75, 3.05) is 19.8 Å². The average molecular weight is 960 g/mol. The van der Waals surface area contributed by atoms with Gasteiger partial charge in [0.2, 0.25) is 0 Å². The number of aliphatic hydroxyl groups is 2. The van der Waals surface area contributed by atoms with Crippen molar-refractivity contribution in [2.24, 2.45) is 11.8 Å². The maximum absolute atomic E-state index is 13.0. The molecular weight excluding hydrogens is 885 g/mol. The first-order valence-corrected chi connectivity index (χ1v) is 20.5. The Labute approximate surface area is 397 Å². The molecule has 2 aliphatic rings. The largest absolute Gasteiger partial charge is 2.00 e. The molecule has 2 saturated carbocycles. The summed E-state index contributed by atoms with van der Waals surface area (Å²) in [7, 11) is 0. The number of ether oxygens (including phenoxy) is 6. The molecule has 0 aromatic rings. The van der Waals surface area contributed by atoms with Gasteiger partial charge in [-0.1, -0.05) is 6.08 Å². The van der Waals surface area contributed by atoms with E-state index in [1.54, 1.807) is 109 Å². The van der Waals surface area contributed by atoms with Gasteiger partial charge in [-0.25, -0.2) is 28.8 Å². The van der Waals surface area contributed by atoms with Crippen LogP contribution >= 0.6 is 0 Å². The van der Waals surface area contributed by atoms with Crippen molar-refractivity contribution < 1.29 is 84.4 Å². The molecule has 2 aliphatic carbocycles. The number of carbonyl (C=O) groups is 6. The smallest absolute Gasteiger partial charge is 1.00 e. The third-order valence-electron chi connectivity index (χ3n) is 8.45. The van der Waals surface area contributed by atoms with Gasteiger partial charge in [0, 0.05) is 6.61 Å². The van der Waals surface area contributed by atoms with Crippen molar-refractivity contribution in [2.45, 2.75) is 181 Å². The van der Waals surface area contributed by atoms with Crippen LogP contribution in [0.1, 0.15) is 142 Å². The molecule has 0 radical (unpaired) electrons. The van der Waals surface area contributed by atoms with Gasteiger partial charge in [-0.05, 0) is 147 Å². The second-order valence-electron chi connectivity index (χ2n) is 18.5. The fourth-order valence-corrected chi connectivity index (χ4v) is 5.94. The summed E-state index contributed by atoms with van der Waals surface area (Å²) in [6, 6.07) is 0. The summed E-state index contributed by atoms with van der Waals surface area (Å²) in [5.74, 6) is -2.28. The first-order valence-electron chi connectivity index (χ1n) is 20.5. The number of halogens is 1. The zero-order valence-electron chi connectivity index (χ0n) is 39.9. The number of hydrogen-bond acceptors (Lipinski definition) is 14. The van der Waals surface area contributed by atoms with Crippen LogP contribution in [0.2, 0.25) is 0 Å². The Morgan fingerprint density at radius 3 is 1.24 bits per heavy atom. The first-order chi connectivity index (χ1) is 27.4. The van der Waals surface area contributed by atoms with E-state index in [1.165, 1.54) is 0 Å². The van der Waals surface area contributed by atoms with E-state index in [0.717, 1.165) is 16.2 Å². The third-order valence-corrected chi connectivity index (χ3v) is 8.45. The Balaban J connectivity index is -0.00000101. The summed E-state index contributed by atoms with van der Waals surface area (Å²) in [5.41, 5.74) is -6.58. The number of esters is 2. The van der Waals surface area contributed by atoms with Crippen LogP contribution < -0.4 is 17.0 Å². The fraction of sp³-hybridized carbons (Fsp3) is 0.750. The molecule has 16 nitrogen and oxygen atoms in total. The van der Waals surface area contributed by atoms with Crippen LogP contribution in [-0.4, -0.2) is 139 Å². The summed E-state index contributed by atoms with van der Waals surface area (Å²) < 4.78 is 31.8. The van der Waals surface area contributed by atoms with Gasteiger partial charge in [-0.15, -0.1) is 19.2 Å². The first kappa shape index (κ1) is 63.4. The summed E-state index contributed by atoms with van der Waals surface area (Å²) in [6.45, 7) is 33.8. The van der Waals surface area contributed by atoms with Gasteiger partial charge in [0.05, 0.1) is 19.3 Å². The minimum atomic E-state index is -1.56. The number of carbonyl (C=O) groups excluding carboxylic acids is 6. The molecule has 18 heteroatoms. The topological polar surface area (TPSA) is 205 Å². The number of allylic oxidation sites excluding steroid dienone is 2. The van der Waals surface area contributed by atoms with E-state index in [4.69, 9.17) is 28.4 Å². The maximum Gasteiger partial charge on any atom is 2.00 e. The molecule has 0 heterocycles. The standard InChI is InChI=1S/C22H37NO7.C18H31NO7.C4H7.BrH.Mg/c1-9-11-12-16(24)13-15-14-22(15,17(25)28-10-2)23(18(26)29-20(3,4)5)19(27)30-21(6,7)8;1-8-24-13(21)18(11-12(18)9-10-20)19(14(22)25-16(2,3)4)15(23)26-17(5,6)7;1-3-4-2;;/h9,15-16,24H,1,10-14H2,2-8H3;12,20H,8-11H2,1-7H3;3H,1-2,4H2;1H;/q;;-1;;+2/p-1/t15-,16?,22-;12-,18-;;;/m11.../s1. The van der Waals surface area contributed by atoms with Crippen molar-refractivity contribution in [3.63, 3.8) is 0 Å². The predicted molar refractivity (Wildman–Crippen MR) is 231 cm³/mol. The fourth-order valence-electron chi connectivity index (χ4n) is 5.94. The van der Waals surface area contributed by atoms with Crippen LogP contribution in [0, 0.1) is 18.8 Å². The molecule has 0 aromatic heterocycles. The summed E-state index contributed by atoms with van der Waals surface area (Å²) in [5, 5.41) is 19.6. The Morgan fingerprint density at radius 2 is 0.984 bits per heavy atom. The zero-order chi connectivity index (χ0) is 47.1. The van der Waals surface area contributed by atoms with E-state index in [-0.39, 0.29) is 85.5 Å². The normalized spacial score (nSPS) is 20.4. The molecule has 2 N–H and O–H groups in total. The van der Waals surface area contributed by atoms with Gasteiger partial charge in [0.15, 0.2) is 11.1 Å². The second-order valence-corrected chi connectivity index (χ2v) is 18.5. The van der Waals surface area contributed by atoms with Crippen molar-refractivity contribution >= 4 is 59.4 Å². The quantitative estimate of drug-likeness (QED) is 0.0767. The Kier molecular flexibility index (Phi) is 27.3. The molecule has 1 unspecified atom stereocenters. The summed E-state index contributed by atoms with van der Waals surface area (Å²) in [6.07, 6.45) is 1.63. The monoisotopic (exact) mass is 958 g/mol. The van der Waals surface area contributed by atoms with Crippen LogP contribution in [0.25, 0.3) is 0 Å². The molecule has 4 amide bonds. The third kappa shape index (κ3) is 20.7. The number of rotatable bonds is 14. The number of amides is 4. The SMILES string of the molecule is C=CCCC(O)C[C@@H]1C[C@@]1(C(=O)OCC)N(C(=O)OC(C)(C)C)C(=O)OC(C)(C)C.C=CC[CH2-].CCOC(=O)[C@@]1(N(C(=O)OC(C)(C)C)C(=O)OC(C)(C)C)C[C@H]1CCO.[Br-].[Mg+2]. The summed E-state index contributed by atoms with van der Waals surface area (Å²) in [4.78, 5) is 78.6. The minimum absolute atomic E-state index is 0. The van der Waals surface area contributed by atoms with E-state index >= 15 is 0 Å². The number of hydrogen-bond donors (Lipinski definition) is 2. The molecule has 354 valence electrons. The van der Waals surface area contributed by atoms with Gasteiger partial charge >= 0.3 is 59.4 Å². The molecule has 2 rings (SSSR count). The molecule has 5 atom stereocenters. The Hall–Kier alpha value is -2.93. The van der Waals surface area contributed by atoms with E-state index in [1.807, 2.05) is 0 Å². The van der Waals surface area contributed by atoms with E-state index in [0.29, 0.717) is 12.8 Å². The second kappa shape index (κ2) is 26.8. The summed E-state index contributed by atoms with van der Waals surface area (Å²) >= 11 is 0. The zero-order valence-corrected chi connectivity index (χ0v) is 42.9. The Morgan fingerprint density at radius 1 is 0.677 bits per heavy atom. The van der Waals surface area contributed by atoms with Crippen molar-refractivity contribution in [1.29, 1.82) is 0 Å². The van der Waals surface area contributed by atoms with Crippen molar-refractivity contribution in [3.05, 3.63) is 32.2 Å². The van der Waals surface area contributed by atoms with Gasteiger partial charge < -0.3 is 62.5 Å². The van der Waals surface area contributed by atoms with Crippen LogP contribution in [0.5, 0.6) is 0 Å². The number of aliphatic hydroxyl groups excluding tert-OH is 2. The van der Waals surface area contributed by atoms with Gasteiger partial charge in [0.25, 0.3) is 0 Å².